The van der Waals surface area contributed by atoms with Crippen LogP contribution in [-0.4, -0.2) is 12.8 Å². The summed E-state index contributed by atoms with van der Waals surface area (Å²) in [6.45, 7) is 1.55. The molecule has 0 saturated heterocycles. The van der Waals surface area contributed by atoms with Crippen molar-refractivity contribution in [2.24, 2.45) is 0 Å². The van der Waals surface area contributed by atoms with Crippen molar-refractivity contribution in [3.05, 3.63) is 46.2 Å². The lowest BCUT2D eigenvalue weighted by Crippen LogP contribution is -2.19. The van der Waals surface area contributed by atoms with E-state index in [1.54, 1.807) is 23.5 Å². The SMILES string of the molecule is CCc1ccc(CNc2ccc(OCC(F)(F)F)cc2)s1. The molecule has 1 aromatic carbocycles. The molecule has 114 valence electrons. The molecule has 2 rings (SSSR count). The highest BCUT2D eigenvalue weighted by Crippen LogP contribution is 2.22. The van der Waals surface area contributed by atoms with Crippen molar-refractivity contribution in [3.63, 3.8) is 0 Å². The summed E-state index contributed by atoms with van der Waals surface area (Å²) in [4.78, 5) is 2.56. The molecular formula is C15H16F3NOS. The summed E-state index contributed by atoms with van der Waals surface area (Å²) < 4.78 is 40.7. The minimum Gasteiger partial charge on any atom is -0.484 e. The lowest BCUT2D eigenvalue weighted by Gasteiger charge is -2.10. The number of hydrogen-bond donors (Lipinski definition) is 1. The number of nitrogens with one attached hydrogen (secondary N) is 1. The first kappa shape index (κ1) is 15.7. The van der Waals surface area contributed by atoms with Crippen molar-refractivity contribution in [2.75, 3.05) is 11.9 Å². The maximum absolute atomic E-state index is 12.0. The van der Waals surface area contributed by atoms with Crippen LogP contribution in [0.3, 0.4) is 0 Å². The number of benzene rings is 1. The average Bonchev–Trinajstić information content (AvgIpc) is 2.91. The van der Waals surface area contributed by atoms with E-state index in [1.807, 2.05) is 0 Å². The van der Waals surface area contributed by atoms with E-state index < -0.39 is 12.8 Å². The van der Waals surface area contributed by atoms with Crippen LogP contribution in [0.15, 0.2) is 36.4 Å². The van der Waals surface area contributed by atoms with Gasteiger partial charge in [-0.15, -0.1) is 11.3 Å². The van der Waals surface area contributed by atoms with Crippen molar-refractivity contribution in [2.45, 2.75) is 26.1 Å². The number of thiophene rings is 1. The van der Waals surface area contributed by atoms with E-state index in [1.165, 1.54) is 21.9 Å². The van der Waals surface area contributed by atoms with E-state index in [2.05, 4.69) is 29.1 Å². The van der Waals surface area contributed by atoms with Gasteiger partial charge in [-0.3, -0.25) is 0 Å². The van der Waals surface area contributed by atoms with Crippen LogP contribution in [0.1, 0.15) is 16.7 Å². The number of rotatable bonds is 6. The Morgan fingerprint density at radius 2 is 1.71 bits per heavy atom. The van der Waals surface area contributed by atoms with Crippen LogP contribution in [0.2, 0.25) is 0 Å². The molecule has 0 fully saturated rings. The molecule has 1 heterocycles. The average molecular weight is 315 g/mol. The molecular weight excluding hydrogens is 299 g/mol. The minimum atomic E-state index is -4.31. The maximum atomic E-state index is 12.0. The quantitative estimate of drug-likeness (QED) is 0.821. The van der Waals surface area contributed by atoms with Gasteiger partial charge in [0.1, 0.15) is 5.75 Å². The molecule has 2 aromatic rings. The van der Waals surface area contributed by atoms with Gasteiger partial charge in [0, 0.05) is 22.0 Å². The molecule has 0 saturated carbocycles. The molecule has 1 aromatic heterocycles. The van der Waals surface area contributed by atoms with Gasteiger partial charge in [-0.25, -0.2) is 0 Å². The molecule has 0 aliphatic carbocycles. The van der Waals surface area contributed by atoms with Crippen LogP contribution in [-0.2, 0) is 13.0 Å². The lowest BCUT2D eigenvalue weighted by atomic mass is 10.3. The van der Waals surface area contributed by atoms with E-state index in [-0.39, 0.29) is 5.75 Å². The summed E-state index contributed by atoms with van der Waals surface area (Å²) in [5, 5.41) is 3.23. The standard InChI is InChI=1S/C15H16F3NOS/c1-2-13-7-8-14(21-13)9-19-11-3-5-12(6-4-11)20-10-15(16,17)18/h3-8,19H,2,9-10H2,1H3. The van der Waals surface area contributed by atoms with Gasteiger partial charge < -0.3 is 10.1 Å². The fourth-order valence-corrected chi connectivity index (χ4v) is 2.63. The second-order valence-corrected chi connectivity index (χ2v) is 5.76. The predicted molar refractivity (Wildman–Crippen MR) is 79.0 cm³/mol. The van der Waals surface area contributed by atoms with Gasteiger partial charge in [0.25, 0.3) is 0 Å². The smallest absolute Gasteiger partial charge is 0.422 e. The summed E-state index contributed by atoms with van der Waals surface area (Å²) in [5.74, 6) is 0.210. The molecule has 0 unspecified atom stereocenters. The van der Waals surface area contributed by atoms with E-state index in [0.717, 1.165) is 12.1 Å². The van der Waals surface area contributed by atoms with E-state index >= 15 is 0 Å². The number of ether oxygens (including phenoxy) is 1. The molecule has 2 nitrogen and oxygen atoms in total. The molecule has 0 aliphatic heterocycles. The zero-order chi connectivity index (χ0) is 15.3. The van der Waals surface area contributed by atoms with Gasteiger partial charge in [0.2, 0.25) is 0 Å². The molecule has 6 heteroatoms. The number of halogens is 3. The molecule has 0 amide bonds. The maximum Gasteiger partial charge on any atom is 0.422 e. The number of aryl methyl sites for hydroxylation is 1. The topological polar surface area (TPSA) is 21.3 Å². The van der Waals surface area contributed by atoms with E-state index in [4.69, 9.17) is 0 Å². The molecule has 0 spiro atoms. The van der Waals surface area contributed by atoms with Gasteiger partial charge in [-0.2, -0.15) is 13.2 Å². The Kier molecular flexibility index (Phi) is 5.12. The van der Waals surface area contributed by atoms with Crippen LogP contribution in [0, 0.1) is 0 Å². The van der Waals surface area contributed by atoms with Crippen molar-refractivity contribution < 1.29 is 17.9 Å². The Balaban J connectivity index is 1.84. The molecule has 0 aliphatic rings. The second kappa shape index (κ2) is 6.85. The normalized spacial score (nSPS) is 11.4. The van der Waals surface area contributed by atoms with Crippen LogP contribution in [0.4, 0.5) is 18.9 Å². The van der Waals surface area contributed by atoms with Gasteiger partial charge in [-0.1, -0.05) is 6.92 Å². The lowest BCUT2D eigenvalue weighted by molar-refractivity contribution is -0.153. The molecule has 0 atom stereocenters. The number of anilines is 1. The van der Waals surface area contributed by atoms with Gasteiger partial charge in [-0.05, 0) is 42.8 Å². The van der Waals surface area contributed by atoms with Crippen molar-refractivity contribution in [1.82, 2.24) is 0 Å². The second-order valence-electron chi connectivity index (χ2n) is 4.50. The molecule has 0 radical (unpaired) electrons. The Morgan fingerprint density at radius 3 is 2.29 bits per heavy atom. The Hall–Kier alpha value is -1.69. The van der Waals surface area contributed by atoms with Crippen molar-refractivity contribution in [3.8, 4) is 5.75 Å². The van der Waals surface area contributed by atoms with Gasteiger partial charge in [0.15, 0.2) is 6.61 Å². The first-order valence-corrected chi connectivity index (χ1v) is 7.39. The largest absolute Gasteiger partial charge is 0.484 e. The summed E-state index contributed by atoms with van der Waals surface area (Å²) in [6.07, 6.45) is -3.29. The Bertz CT molecular complexity index is 563. The van der Waals surface area contributed by atoms with Gasteiger partial charge in [0.05, 0.1) is 0 Å². The highest BCUT2D eigenvalue weighted by Gasteiger charge is 2.28. The summed E-state index contributed by atoms with van der Waals surface area (Å²) in [7, 11) is 0. The third kappa shape index (κ3) is 5.30. The third-order valence-electron chi connectivity index (χ3n) is 2.79. The van der Waals surface area contributed by atoms with Crippen molar-refractivity contribution in [1.29, 1.82) is 0 Å². The Labute approximate surface area is 125 Å². The van der Waals surface area contributed by atoms with Crippen LogP contribution in [0.25, 0.3) is 0 Å². The van der Waals surface area contributed by atoms with Gasteiger partial charge >= 0.3 is 6.18 Å². The first-order valence-electron chi connectivity index (χ1n) is 6.57. The van der Waals surface area contributed by atoms with Crippen molar-refractivity contribution >= 4 is 17.0 Å². The zero-order valence-corrected chi connectivity index (χ0v) is 12.4. The van der Waals surface area contributed by atoms with E-state index in [0.29, 0.717) is 6.54 Å². The first-order chi connectivity index (χ1) is 9.96. The summed E-state index contributed by atoms with van der Waals surface area (Å²) in [6, 6.07) is 10.7. The predicted octanol–water partition coefficient (Wildman–Crippen LogP) is 4.86. The van der Waals surface area contributed by atoms with Crippen LogP contribution >= 0.6 is 11.3 Å². The monoisotopic (exact) mass is 315 g/mol. The fraction of sp³-hybridized carbons (Fsp3) is 0.333. The highest BCUT2D eigenvalue weighted by molar-refractivity contribution is 7.12. The van der Waals surface area contributed by atoms with Crippen LogP contribution < -0.4 is 10.1 Å². The fourth-order valence-electron chi connectivity index (χ4n) is 1.73. The molecule has 1 N–H and O–H groups in total. The minimum absolute atomic E-state index is 0.210. The number of alkyl halides is 3. The number of hydrogen-bond acceptors (Lipinski definition) is 3. The molecule has 21 heavy (non-hydrogen) atoms. The Morgan fingerprint density at radius 1 is 1.05 bits per heavy atom. The third-order valence-corrected chi connectivity index (χ3v) is 4.02. The summed E-state index contributed by atoms with van der Waals surface area (Å²) in [5.41, 5.74) is 0.848. The zero-order valence-electron chi connectivity index (χ0n) is 11.5. The van der Waals surface area contributed by atoms with E-state index in [9.17, 15) is 13.2 Å². The highest BCUT2D eigenvalue weighted by atomic mass is 32.1. The molecule has 0 bridgehead atoms. The summed E-state index contributed by atoms with van der Waals surface area (Å²) >= 11 is 1.75. The van der Waals surface area contributed by atoms with Crippen LogP contribution in [0.5, 0.6) is 5.75 Å².